The SMILES string of the molecule is Cc1cc(C(=O)CN2CCO[C@@H](C)C2)c(C)n1CCc1ccccc1. The van der Waals surface area contributed by atoms with E-state index in [-0.39, 0.29) is 11.9 Å². The number of Topliss-reactive ketones (excluding diaryl/α,β-unsaturated/α-hetero) is 1. The monoisotopic (exact) mass is 340 g/mol. The first-order valence-corrected chi connectivity index (χ1v) is 9.12. The van der Waals surface area contributed by atoms with Gasteiger partial charge in [0.25, 0.3) is 0 Å². The Morgan fingerprint density at radius 3 is 2.72 bits per heavy atom. The number of morpholine rings is 1. The second kappa shape index (κ2) is 7.98. The largest absolute Gasteiger partial charge is 0.376 e. The highest BCUT2D eigenvalue weighted by molar-refractivity contribution is 5.99. The minimum atomic E-state index is 0.208. The van der Waals surface area contributed by atoms with E-state index in [0.717, 1.165) is 43.0 Å². The van der Waals surface area contributed by atoms with Gasteiger partial charge in [-0.1, -0.05) is 30.3 Å². The maximum Gasteiger partial charge on any atom is 0.178 e. The zero-order valence-electron chi connectivity index (χ0n) is 15.5. The average molecular weight is 340 g/mol. The van der Waals surface area contributed by atoms with E-state index in [2.05, 4.69) is 54.5 Å². The van der Waals surface area contributed by atoms with Gasteiger partial charge in [-0.15, -0.1) is 0 Å². The summed E-state index contributed by atoms with van der Waals surface area (Å²) in [6.07, 6.45) is 1.19. The fraction of sp³-hybridized carbons (Fsp3) is 0.476. The molecule has 134 valence electrons. The van der Waals surface area contributed by atoms with Crippen molar-refractivity contribution in [1.82, 2.24) is 9.47 Å². The summed E-state index contributed by atoms with van der Waals surface area (Å²) in [6.45, 7) is 9.98. The minimum absolute atomic E-state index is 0.208. The molecule has 0 amide bonds. The number of ketones is 1. The third-order valence-electron chi connectivity index (χ3n) is 5.03. The van der Waals surface area contributed by atoms with E-state index in [0.29, 0.717) is 13.2 Å². The van der Waals surface area contributed by atoms with Crippen molar-refractivity contribution in [2.45, 2.75) is 39.8 Å². The van der Waals surface area contributed by atoms with Crippen LogP contribution in [-0.4, -0.2) is 47.6 Å². The first kappa shape index (κ1) is 17.9. The van der Waals surface area contributed by atoms with Gasteiger partial charge in [0.05, 0.1) is 19.3 Å². The van der Waals surface area contributed by atoms with E-state index in [1.54, 1.807) is 0 Å². The molecule has 25 heavy (non-hydrogen) atoms. The van der Waals surface area contributed by atoms with Crippen LogP contribution >= 0.6 is 0 Å². The van der Waals surface area contributed by atoms with Crippen molar-refractivity contribution in [2.75, 3.05) is 26.2 Å². The van der Waals surface area contributed by atoms with Gasteiger partial charge in [0.2, 0.25) is 0 Å². The van der Waals surface area contributed by atoms with Gasteiger partial charge in [0.15, 0.2) is 5.78 Å². The molecule has 1 aromatic carbocycles. The summed E-state index contributed by atoms with van der Waals surface area (Å²) in [7, 11) is 0. The molecule has 2 aromatic rings. The molecule has 3 rings (SSSR count). The molecule has 1 aliphatic heterocycles. The molecule has 1 saturated heterocycles. The number of rotatable bonds is 6. The predicted octanol–water partition coefficient (Wildman–Crippen LogP) is 3.25. The molecule has 2 heterocycles. The van der Waals surface area contributed by atoms with Crippen LogP contribution in [-0.2, 0) is 17.7 Å². The maximum absolute atomic E-state index is 12.8. The summed E-state index contributed by atoms with van der Waals surface area (Å²) in [6, 6.07) is 12.5. The van der Waals surface area contributed by atoms with Gasteiger partial charge >= 0.3 is 0 Å². The molecule has 0 spiro atoms. The van der Waals surface area contributed by atoms with Crippen molar-refractivity contribution in [2.24, 2.45) is 0 Å². The zero-order chi connectivity index (χ0) is 17.8. The van der Waals surface area contributed by atoms with Crippen molar-refractivity contribution >= 4 is 5.78 Å². The molecule has 0 bridgehead atoms. The molecule has 4 heteroatoms. The van der Waals surface area contributed by atoms with E-state index in [9.17, 15) is 4.79 Å². The Kier molecular flexibility index (Phi) is 5.71. The Labute approximate surface area is 150 Å². The van der Waals surface area contributed by atoms with Crippen molar-refractivity contribution < 1.29 is 9.53 Å². The van der Waals surface area contributed by atoms with Crippen LogP contribution < -0.4 is 0 Å². The van der Waals surface area contributed by atoms with Crippen molar-refractivity contribution in [3.63, 3.8) is 0 Å². The van der Waals surface area contributed by atoms with Crippen LogP contribution in [0.2, 0.25) is 0 Å². The summed E-state index contributed by atoms with van der Waals surface area (Å²) in [5.41, 5.74) is 4.43. The Bertz CT molecular complexity index is 721. The lowest BCUT2D eigenvalue weighted by molar-refractivity contribution is -0.0158. The van der Waals surface area contributed by atoms with Gasteiger partial charge in [0.1, 0.15) is 0 Å². The standard InChI is InChI=1S/C21H28N2O2/c1-16-13-20(21(24)15-22-11-12-25-17(2)14-22)18(3)23(16)10-9-19-7-5-4-6-8-19/h4-8,13,17H,9-12,14-15H2,1-3H3/t17-/m0/s1. The molecule has 1 fully saturated rings. The third kappa shape index (κ3) is 4.39. The number of carbonyl (C=O) groups is 1. The van der Waals surface area contributed by atoms with Crippen LogP contribution in [0, 0.1) is 13.8 Å². The number of carbonyl (C=O) groups excluding carboxylic acids is 1. The second-order valence-corrected chi connectivity index (χ2v) is 7.01. The van der Waals surface area contributed by atoms with Gasteiger partial charge in [-0.05, 0) is 38.8 Å². The van der Waals surface area contributed by atoms with Gasteiger partial charge in [0, 0.05) is 36.6 Å². The molecular formula is C21H28N2O2. The third-order valence-corrected chi connectivity index (χ3v) is 5.03. The molecule has 0 aliphatic carbocycles. The van der Waals surface area contributed by atoms with Crippen molar-refractivity contribution in [3.8, 4) is 0 Å². The first-order valence-electron chi connectivity index (χ1n) is 9.12. The summed E-state index contributed by atoms with van der Waals surface area (Å²) in [5.74, 6) is 0.216. The Morgan fingerprint density at radius 1 is 1.24 bits per heavy atom. The number of hydrogen-bond donors (Lipinski definition) is 0. The highest BCUT2D eigenvalue weighted by Crippen LogP contribution is 2.18. The topological polar surface area (TPSA) is 34.5 Å². The van der Waals surface area contributed by atoms with E-state index >= 15 is 0 Å². The van der Waals surface area contributed by atoms with Crippen LogP contribution in [0.25, 0.3) is 0 Å². The van der Waals surface area contributed by atoms with Crippen LogP contribution in [0.15, 0.2) is 36.4 Å². The zero-order valence-corrected chi connectivity index (χ0v) is 15.5. The maximum atomic E-state index is 12.8. The number of benzene rings is 1. The van der Waals surface area contributed by atoms with E-state index < -0.39 is 0 Å². The predicted molar refractivity (Wildman–Crippen MR) is 100 cm³/mol. The molecule has 0 radical (unpaired) electrons. The summed E-state index contributed by atoms with van der Waals surface area (Å²) in [5, 5.41) is 0. The van der Waals surface area contributed by atoms with E-state index in [1.807, 2.05) is 12.1 Å². The molecule has 4 nitrogen and oxygen atoms in total. The minimum Gasteiger partial charge on any atom is -0.376 e. The Hall–Kier alpha value is -1.91. The van der Waals surface area contributed by atoms with Crippen molar-refractivity contribution in [3.05, 3.63) is 58.9 Å². The molecule has 0 saturated carbocycles. The highest BCUT2D eigenvalue weighted by Gasteiger charge is 2.22. The number of ether oxygens (including phenoxy) is 1. The Morgan fingerprint density at radius 2 is 2.00 bits per heavy atom. The molecule has 0 N–H and O–H groups in total. The van der Waals surface area contributed by atoms with Gasteiger partial charge < -0.3 is 9.30 Å². The number of aryl methyl sites for hydroxylation is 2. The fourth-order valence-electron chi connectivity index (χ4n) is 3.64. The van der Waals surface area contributed by atoms with Crippen molar-refractivity contribution in [1.29, 1.82) is 0 Å². The van der Waals surface area contributed by atoms with Gasteiger partial charge in [-0.3, -0.25) is 9.69 Å². The number of aromatic nitrogens is 1. The number of hydrogen-bond acceptors (Lipinski definition) is 3. The van der Waals surface area contributed by atoms with E-state index in [1.165, 1.54) is 5.56 Å². The van der Waals surface area contributed by atoms with Gasteiger partial charge in [-0.2, -0.15) is 0 Å². The van der Waals surface area contributed by atoms with Gasteiger partial charge in [-0.25, -0.2) is 0 Å². The highest BCUT2D eigenvalue weighted by atomic mass is 16.5. The molecule has 1 atom stereocenters. The lowest BCUT2D eigenvalue weighted by Gasteiger charge is -2.30. The average Bonchev–Trinajstić information content (AvgIpc) is 2.88. The Balaban J connectivity index is 1.67. The quantitative estimate of drug-likeness (QED) is 0.757. The second-order valence-electron chi connectivity index (χ2n) is 7.01. The lowest BCUT2D eigenvalue weighted by atomic mass is 10.1. The lowest BCUT2D eigenvalue weighted by Crippen LogP contribution is -2.43. The normalized spacial score (nSPS) is 18.4. The molecule has 1 aliphatic rings. The van der Waals surface area contributed by atoms with Crippen LogP contribution in [0.1, 0.15) is 34.2 Å². The summed E-state index contributed by atoms with van der Waals surface area (Å²) in [4.78, 5) is 15.0. The first-order chi connectivity index (χ1) is 12.0. The molecule has 1 aromatic heterocycles. The smallest absolute Gasteiger partial charge is 0.178 e. The van der Waals surface area contributed by atoms with Crippen LogP contribution in [0.4, 0.5) is 0 Å². The van der Waals surface area contributed by atoms with Crippen LogP contribution in [0.3, 0.4) is 0 Å². The summed E-state index contributed by atoms with van der Waals surface area (Å²) < 4.78 is 7.83. The molecule has 0 unspecified atom stereocenters. The van der Waals surface area contributed by atoms with E-state index in [4.69, 9.17) is 4.74 Å². The van der Waals surface area contributed by atoms with Crippen LogP contribution in [0.5, 0.6) is 0 Å². The molecular weight excluding hydrogens is 312 g/mol. The number of nitrogens with zero attached hydrogens (tertiary/aromatic N) is 2. The fourth-order valence-corrected chi connectivity index (χ4v) is 3.64. The summed E-state index contributed by atoms with van der Waals surface area (Å²) >= 11 is 0.